The van der Waals surface area contributed by atoms with Crippen LogP contribution < -0.4 is 4.74 Å². The molecule has 6 aliphatic rings. The molecule has 6 nitrogen and oxygen atoms in total. The Morgan fingerprint density at radius 3 is 1.86 bits per heavy atom. The molecule has 4 bridgehead atoms. The maximum atomic E-state index is 14.4. The van der Waals surface area contributed by atoms with Gasteiger partial charge in [0.15, 0.2) is 0 Å². The normalized spacial score (nSPS) is 31.2. The molecule has 0 aromatic heterocycles. The first kappa shape index (κ1) is 31.1. The third kappa shape index (κ3) is 6.85. The minimum atomic E-state index is -0.612. The average Bonchev–Trinajstić information content (AvgIpc) is 3.00. The number of hydrogen-bond acceptors (Lipinski definition) is 6. The highest BCUT2D eigenvalue weighted by molar-refractivity contribution is 5.81. The van der Waals surface area contributed by atoms with Gasteiger partial charge in [-0.2, -0.15) is 0 Å². The lowest BCUT2D eigenvalue weighted by Gasteiger charge is -2.60. The van der Waals surface area contributed by atoms with Crippen molar-refractivity contribution in [2.24, 2.45) is 22.7 Å². The van der Waals surface area contributed by atoms with Crippen molar-refractivity contribution < 1.29 is 28.5 Å². The van der Waals surface area contributed by atoms with E-state index < -0.39 is 16.4 Å². The summed E-state index contributed by atoms with van der Waals surface area (Å²) in [6, 6.07) is 6.14. The molecule has 7 rings (SSSR count). The monoisotopic (exact) mass is 594 g/mol. The molecule has 0 amide bonds. The largest absolute Gasteiger partial charge is 0.459 e. The predicted molar refractivity (Wildman–Crippen MR) is 165 cm³/mol. The second-order valence-electron chi connectivity index (χ2n) is 15.5. The van der Waals surface area contributed by atoms with Crippen molar-refractivity contribution in [1.82, 2.24) is 0 Å². The molecule has 2 unspecified atom stereocenters. The first-order valence-electron chi connectivity index (χ1n) is 17.5. The molecule has 6 fully saturated rings. The summed E-state index contributed by atoms with van der Waals surface area (Å²) in [5, 5.41) is 0. The summed E-state index contributed by atoms with van der Waals surface area (Å²) in [6.45, 7) is 6.84. The molecule has 0 N–H and O–H groups in total. The van der Waals surface area contributed by atoms with E-state index in [2.05, 4.69) is 0 Å². The van der Waals surface area contributed by atoms with Gasteiger partial charge in [0.05, 0.1) is 36.3 Å². The smallest absolute Gasteiger partial charge is 0.317 e. The minimum absolute atomic E-state index is 0.132. The Balaban J connectivity index is 1.23. The van der Waals surface area contributed by atoms with Gasteiger partial charge in [0.25, 0.3) is 0 Å². The van der Waals surface area contributed by atoms with Gasteiger partial charge >= 0.3 is 11.9 Å². The minimum Gasteiger partial charge on any atom is -0.459 e. The van der Waals surface area contributed by atoms with Crippen LogP contribution in [0, 0.1) is 22.7 Å². The molecule has 1 aromatic carbocycles. The SMILES string of the molecule is CCC(C)(C)C(=O)OC12CC3CC(C1)CC(C(=O)Oc1c(COC4CCCCC4)cccc1COC1CCCCC1)(C3)C2. The van der Waals surface area contributed by atoms with Gasteiger partial charge in [-0.3, -0.25) is 9.59 Å². The molecule has 0 heterocycles. The van der Waals surface area contributed by atoms with Crippen LogP contribution >= 0.6 is 0 Å². The number of esters is 2. The van der Waals surface area contributed by atoms with Crippen molar-refractivity contribution >= 4 is 11.9 Å². The zero-order valence-electron chi connectivity index (χ0n) is 26.9. The van der Waals surface area contributed by atoms with Gasteiger partial charge in [-0.25, -0.2) is 0 Å². The number of carbonyl (C=O) groups is 2. The van der Waals surface area contributed by atoms with Gasteiger partial charge in [-0.1, -0.05) is 63.6 Å². The summed E-state index contributed by atoms with van der Waals surface area (Å²) in [5.74, 6) is 1.14. The maximum absolute atomic E-state index is 14.4. The summed E-state index contributed by atoms with van der Waals surface area (Å²) in [7, 11) is 0. The highest BCUT2D eigenvalue weighted by Gasteiger charge is 2.63. The standard InChI is InChI=1S/C37H54O6/c1-4-35(2,3)33(38)43-37-21-26-18-27(22-37)20-36(19-26,25-37)34(39)42-32-28(23-40-30-14-7-5-8-15-30)12-11-13-29(32)24-41-31-16-9-6-10-17-31/h11-13,26-27,30-31H,4-10,14-25H2,1-3H3. The second-order valence-corrected chi connectivity index (χ2v) is 15.5. The highest BCUT2D eigenvalue weighted by atomic mass is 16.6. The summed E-state index contributed by atoms with van der Waals surface area (Å²) in [5.41, 5.74) is 0.169. The van der Waals surface area contributed by atoms with Crippen molar-refractivity contribution in [1.29, 1.82) is 0 Å². The number of carbonyl (C=O) groups excluding carboxylic acids is 2. The van der Waals surface area contributed by atoms with Gasteiger partial charge in [-0.15, -0.1) is 0 Å². The van der Waals surface area contributed by atoms with E-state index in [1.54, 1.807) is 0 Å². The van der Waals surface area contributed by atoms with E-state index in [1.165, 1.54) is 38.5 Å². The first-order valence-corrected chi connectivity index (χ1v) is 17.5. The van der Waals surface area contributed by atoms with Gasteiger partial charge in [0.1, 0.15) is 11.4 Å². The molecule has 2 atom stereocenters. The van der Waals surface area contributed by atoms with Crippen LogP contribution in [-0.2, 0) is 37.0 Å². The first-order chi connectivity index (χ1) is 20.7. The molecule has 0 radical (unpaired) electrons. The topological polar surface area (TPSA) is 71.1 Å². The molecule has 0 saturated heterocycles. The van der Waals surface area contributed by atoms with Crippen molar-refractivity contribution in [3.63, 3.8) is 0 Å². The van der Waals surface area contributed by atoms with Crippen LogP contribution in [-0.4, -0.2) is 29.7 Å². The number of para-hydroxylation sites is 1. The van der Waals surface area contributed by atoms with Crippen LogP contribution in [0.4, 0.5) is 0 Å². The number of hydrogen-bond donors (Lipinski definition) is 0. The lowest BCUT2D eigenvalue weighted by Crippen LogP contribution is -2.61. The van der Waals surface area contributed by atoms with Gasteiger partial charge in [0.2, 0.25) is 0 Å². The number of benzene rings is 1. The average molecular weight is 595 g/mol. The van der Waals surface area contributed by atoms with Crippen LogP contribution in [0.3, 0.4) is 0 Å². The fourth-order valence-electron chi connectivity index (χ4n) is 9.09. The van der Waals surface area contributed by atoms with E-state index in [4.69, 9.17) is 18.9 Å². The quantitative estimate of drug-likeness (QED) is 0.189. The van der Waals surface area contributed by atoms with Crippen LogP contribution in [0.25, 0.3) is 0 Å². The molecule has 238 valence electrons. The Labute approximate surface area is 258 Å². The molecule has 1 aromatic rings. The van der Waals surface area contributed by atoms with Crippen molar-refractivity contribution in [2.75, 3.05) is 0 Å². The Morgan fingerprint density at radius 1 is 0.814 bits per heavy atom. The predicted octanol–water partition coefficient (Wildman–Crippen LogP) is 8.61. The summed E-state index contributed by atoms with van der Waals surface area (Å²) in [4.78, 5) is 27.7. The Kier molecular flexibility index (Phi) is 9.27. The Hall–Kier alpha value is -1.92. The van der Waals surface area contributed by atoms with E-state index in [1.807, 2.05) is 39.0 Å². The zero-order chi connectivity index (χ0) is 30.1. The summed E-state index contributed by atoms with van der Waals surface area (Å²) >= 11 is 0. The molecule has 0 aliphatic heterocycles. The molecule has 0 spiro atoms. The van der Waals surface area contributed by atoms with Crippen LogP contribution in [0.5, 0.6) is 5.75 Å². The Bertz CT molecular complexity index is 1090. The Morgan fingerprint density at radius 2 is 1.35 bits per heavy atom. The van der Waals surface area contributed by atoms with Crippen molar-refractivity contribution in [2.45, 2.75) is 161 Å². The lowest BCUT2D eigenvalue weighted by molar-refractivity contribution is -0.214. The molecule has 6 saturated carbocycles. The van der Waals surface area contributed by atoms with Gasteiger partial charge in [0, 0.05) is 17.5 Å². The molecular formula is C37H54O6. The van der Waals surface area contributed by atoms with E-state index in [0.29, 0.717) is 37.2 Å². The number of rotatable bonds is 11. The highest BCUT2D eigenvalue weighted by Crippen LogP contribution is 2.63. The fourth-order valence-corrected chi connectivity index (χ4v) is 9.09. The fraction of sp³-hybridized carbons (Fsp3) is 0.784. The van der Waals surface area contributed by atoms with E-state index >= 15 is 0 Å². The molecule has 6 heteroatoms. The summed E-state index contributed by atoms with van der Waals surface area (Å²) in [6.07, 6.45) is 18.2. The molecular weight excluding hydrogens is 540 g/mol. The van der Waals surface area contributed by atoms with Crippen molar-refractivity contribution in [3.8, 4) is 5.75 Å². The van der Waals surface area contributed by atoms with E-state index in [0.717, 1.165) is 75.3 Å². The van der Waals surface area contributed by atoms with Crippen LogP contribution in [0.1, 0.15) is 141 Å². The lowest BCUT2D eigenvalue weighted by atomic mass is 9.48. The molecule has 43 heavy (non-hydrogen) atoms. The third-order valence-electron chi connectivity index (χ3n) is 11.6. The zero-order valence-corrected chi connectivity index (χ0v) is 26.9. The molecule has 6 aliphatic carbocycles. The van der Waals surface area contributed by atoms with Gasteiger partial charge < -0.3 is 18.9 Å². The van der Waals surface area contributed by atoms with E-state index in [9.17, 15) is 9.59 Å². The second kappa shape index (κ2) is 12.8. The number of ether oxygens (including phenoxy) is 4. The third-order valence-corrected chi connectivity index (χ3v) is 11.6. The van der Waals surface area contributed by atoms with Crippen molar-refractivity contribution in [3.05, 3.63) is 29.3 Å². The van der Waals surface area contributed by atoms with E-state index in [-0.39, 0.29) is 24.1 Å². The van der Waals surface area contributed by atoms with Crippen LogP contribution in [0.2, 0.25) is 0 Å². The van der Waals surface area contributed by atoms with Crippen LogP contribution in [0.15, 0.2) is 18.2 Å². The summed E-state index contributed by atoms with van der Waals surface area (Å²) < 4.78 is 25.7. The van der Waals surface area contributed by atoms with Gasteiger partial charge in [-0.05, 0) is 89.9 Å². The maximum Gasteiger partial charge on any atom is 0.317 e.